The summed E-state index contributed by atoms with van der Waals surface area (Å²) in [4.78, 5) is 21.9. The molecular formula is C15H21NO2. The fourth-order valence-corrected chi connectivity index (χ4v) is 1.86. The van der Waals surface area contributed by atoms with Gasteiger partial charge in [-0.15, -0.1) is 0 Å². The van der Waals surface area contributed by atoms with Gasteiger partial charge < -0.3 is 10.1 Å². The first-order chi connectivity index (χ1) is 8.54. The highest BCUT2D eigenvalue weighted by atomic mass is 16.2. The molecule has 0 saturated carbocycles. The molecule has 18 heavy (non-hydrogen) atoms. The predicted octanol–water partition coefficient (Wildman–Crippen LogP) is 2.30. The van der Waals surface area contributed by atoms with Crippen molar-refractivity contribution in [1.29, 1.82) is 0 Å². The normalized spacial score (nSPS) is 12.2. The smallest absolute Gasteiger partial charge is 0.227 e. The number of rotatable bonds is 6. The molecule has 0 heterocycles. The van der Waals surface area contributed by atoms with E-state index in [9.17, 15) is 9.59 Å². The zero-order valence-electron chi connectivity index (χ0n) is 11.3. The minimum absolute atomic E-state index is 0.0780. The van der Waals surface area contributed by atoms with Gasteiger partial charge in [-0.1, -0.05) is 38.1 Å². The van der Waals surface area contributed by atoms with Gasteiger partial charge in [-0.2, -0.15) is 0 Å². The summed E-state index contributed by atoms with van der Waals surface area (Å²) in [7, 11) is 0. The molecule has 0 unspecified atom stereocenters. The van der Waals surface area contributed by atoms with Crippen LogP contribution in [0, 0.1) is 5.92 Å². The molecule has 0 aliphatic heterocycles. The van der Waals surface area contributed by atoms with Crippen LogP contribution in [0.3, 0.4) is 0 Å². The van der Waals surface area contributed by atoms with Crippen molar-refractivity contribution in [2.45, 2.75) is 33.1 Å². The van der Waals surface area contributed by atoms with E-state index in [2.05, 4.69) is 31.3 Å². The van der Waals surface area contributed by atoms with Crippen LogP contribution in [0.25, 0.3) is 0 Å². The van der Waals surface area contributed by atoms with Crippen LogP contribution in [0.4, 0.5) is 0 Å². The lowest BCUT2D eigenvalue weighted by Gasteiger charge is -2.12. The Labute approximate surface area is 109 Å². The van der Waals surface area contributed by atoms with Gasteiger partial charge in [0.15, 0.2) is 0 Å². The molecule has 0 radical (unpaired) electrons. The molecule has 0 saturated heterocycles. The monoisotopic (exact) mass is 247 g/mol. The third kappa shape index (κ3) is 4.32. The topological polar surface area (TPSA) is 46.2 Å². The Morgan fingerprint density at radius 1 is 1.22 bits per heavy atom. The zero-order chi connectivity index (χ0) is 13.5. The fourth-order valence-electron chi connectivity index (χ4n) is 1.86. The maximum absolute atomic E-state index is 11.7. The van der Waals surface area contributed by atoms with Crippen molar-refractivity contribution in [1.82, 2.24) is 5.32 Å². The molecule has 0 fully saturated rings. The Morgan fingerprint density at radius 2 is 1.83 bits per heavy atom. The van der Waals surface area contributed by atoms with Gasteiger partial charge in [0.25, 0.3) is 0 Å². The number of amides is 1. The van der Waals surface area contributed by atoms with Crippen molar-refractivity contribution in [2.75, 3.05) is 6.54 Å². The number of benzene rings is 1. The van der Waals surface area contributed by atoms with Crippen molar-refractivity contribution >= 4 is 12.2 Å². The van der Waals surface area contributed by atoms with Gasteiger partial charge in [0, 0.05) is 0 Å². The molecular weight excluding hydrogens is 226 g/mol. The second kappa shape index (κ2) is 6.94. The Morgan fingerprint density at radius 3 is 2.33 bits per heavy atom. The van der Waals surface area contributed by atoms with Crippen molar-refractivity contribution in [3.05, 3.63) is 35.4 Å². The Bertz CT molecular complexity index is 395. The molecule has 1 amide bonds. The van der Waals surface area contributed by atoms with Crippen molar-refractivity contribution < 1.29 is 9.59 Å². The minimum Gasteiger partial charge on any atom is -0.349 e. The van der Waals surface area contributed by atoms with Crippen LogP contribution >= 0.6 is 0 Å². The average molecular weight is 247 g/mol. The third-order valence-corrected chi connectivity index (χ3v) is 2.88. The third-order valence-electron chi connectivity index (χ3n) is 2.88. The van der Waals surface area contributed by atoms with Crippen LogP contribution in [-0.4, -0.2) is 18.7 Å². The summed E-state index contributed by atoms with van der Waals surface area (Å²) in [5.74, 6) is 0.293. The van der Waals surface area contributed by atoms with E-state index in [0.717, 1.165) is 12.0 Å². The molecule has 0 aromatic heterocycles. The van der Waals surface area contributed by atoms with Crippen LogP contribution in [0.5, 0.6) is 0 Å². The predicted molar refractivity (Wildman–Crippen MR) is 72.5 cm³/mol. The summed E-state index contributed by atoms with van der Waals surface area (Å²) < 4.78 is 0. The first kappa shape index (κ1) is 14.4. The lowest BCUT2D eigenvalue weighted by molar-refractivity contribution is -0.123. The van der Waals surface area contributed by atoms with Gasteiger partial charge in [-0.25, -0.2) is 0 Å². The number of nitrogens with one attached hydrogen (secondary N) is 1. The fraction of sp³-hybridized carbons (Fsp3) is 0.467. The van der Waals surface area contributed by atoms with Gasteiger partial charge in [0.1, 0.15) is 6.29 Å². The largest absolute Gasteiger partial charge is 0.349 e. The highest BCUT2D eigenvalue weighted by molar-refractivity contribution is 5.84. The molecule has 1 aromatic rings. The Kier molecular flexibility index (Phi) is 5.56. The van der Waals surface area contributed by atoms with Gasteiger partial charge in [0.05, 0.1) is 12.5 Å². The first-order valence-corrected chi connectivity index (χ1v) is 6.34. The number of hydrogen-bond acceptors (Lipinski definition) is 2. The second-order valence-electron chi connectivity index (χ2n) is 4.97. The number of hydrogen-bond donors (Lipinski definition) is 1. The minimum atomic E-state index is -0.224. The maximum atomic E-state index is 11.7. The molecule has 1 rings (SSSR count). The Hall–Kier alpha value is -1.64. The number of aldehydes is 1. The standard InChI is InChI=1S/C15H21NO2/c1-11(2)10-13-4-6-14(7-5-13)12(3)15(18)16-8-9-17/h4-7,9,11-12H,8,10H2,1-3H3,(H,16,18)/t12-/m0/s1. The summed E-state index contributed by atoms with van der Waals surface area (Å²) in [6, 6.07) is 8.11. The van der Waals surface area contributed by atoms with E-state index >= 15 is 0 Å². The van der Waals surface area contributed by atoms with Gasteiger partial charge >= 0.3 is 0 Å². The van der Waals surface area contributed by atoms with Crippen LogP contribution in [0.15, 0.2) is 24.3 Å². The van der Waals surface area contributed by atoms with Crippen LogP contribution in [-0.2, 0) is 16.0 Å². The van der Waals surface area contributed by atoms with Crippen LogP contribution < -0.4 is 5.32 Å². The van der Waals surface area contributed by atoms with E-state index < -0.39 is 0 Å². The maximum Gasteiger partial charge on any atom is 0.227 e. The lowest BCUT2D eigenvalue weighted by Crippen LogP contribution is -2.29. The van der Waals surface area contributed by atoms with E-state index in [0.29, 0.717) is 12.2 Å². The van der Waals surface area contributed by atoms with Gasteiger partial charge in [0.2, 0.25) is 5.91 Å². The molecule has 1 N–H and O–H groups in total. The van der Waals surface area contributed by atoms with Crippen molar-refractivity contribution in [3.8, 4) is 0 Å². The molecule has 1 aromatic carbocycles. The molecule has 0 bridgehead atoms. The summed E-state index contributed by atoms with van der Waals surface area (Å²) in [6.45, 7) is 6.29. The highest BCUT2D eigenvalue weighted by Gasteiger charge is 2.14. The van der Waals surface area contributed by atoms with E-state index in [1.165, 1.54) is 5.56 Å². The molecule has 3 nitrogen and oxygen atoms in total. The van der Waals surface area contributed by atoms with Gasteiger partial charge in [-0.3, -0.25) is 4.79 Å². The number of carbonyl (C=O) groups is 2. The molecule has 3 heteroatoms. The summed E-state index contributed by atoms with van der Waals surface area (Å²) in [5.41, 5.74) is 2.26. The molecule has 0 aliphatic rings. The summed E-state index contributed by atoms with van der Waals surface area (Å²) in [5, 5.41) is 2.57. The second-order valence-corrected chi connectivity index (χ2v) is 4.97. The number of carbonyl (C=O) groups excluding carboxylic acids is 2. The van der Waals surface area contributed by atoms with E-state index in [1.807, 2.05) is 19.1 Å². The van der Waals surface area contributed by atoms with Gasteiger partial charge in [-0.05, 0) is 30.4 Å². The van der Waals surface area contributed by atoms with E-state index in [-0.39, 0.29) is 18.4 Å². The summed E-state index contributed by atoms with van der Waals surface area (Å²) >= 11 is 0. The summed E-state index contributed by atoms with van der Waals surface area (Å²) in [6.07, 6.45) is 1.74. The van der Waals surface area contributed by atoms with E-state index in [1.54, 1.807) is 0 Å². The van der Waals surface area contributed by atoms with Crippen molar-refractivity contribution in [2.24, 2.45) is 5.92 Å². The van der Waals surface area contributed by atoms with E-state index in [4.69, 9.17) is 0 Å². The molecule has 0 spiro atoms. The lowest BCUT2D eigenvalue weighted by atomic mass is 9.96. The zero-order valence-corrected chi connectivity index (χ0v) is 11.3. The first-order valence-electron chi connectivity index (χ1n) is 6.34. The van der Waals surface area contributed by atoms with Crippen LogP contribution in [0.1, 0.15) is 37.8 Å². The van der Waals surface area contributed by atoms with Crippen LogP contribution in [0.2, 0.25) is 0 Å². The quantitative estimate of drug-likeness (QED) is 0.784. The molecule has 1 atom stereocenters. The highest BCUT2D eigenvalue weighted by Crippen LogP contribution is 2.17. The van der Waals surface area contributed by atoms with Crippen molar-refractivity contribution in [3.63, 3.8) is 0 Å². The molecule has 0 aliphatic carbocycles. The molecule has 98 valence electrons. The average Bonchev–Trinajstić information content (AvgIpc) is 2.35. The Balaban J connectivity index is 2.66. The SMILES string of the molecule is CC(C)Cc1ccc([C@H](C)C(=O)NCC=O)cc1.